The second kappa shape index (κ2) is 9.26. The first-order valence-corrected chi connectivity index (χ1v) is 9.55. The quantitative estimate of drug-likeness (QED) is 0.414. The molecule has 30 heavy (non-hydrogen) atoms. The molecule has 0 bridgehead atoms. The van der Waals surface area contributed by atoms with Crippen LogP contribution in [-0.4, -0.2) is 42.7 Å². The molecule has 1 N–H and O–H groups in total. The lowest BCUT2D eigenvalue weighted by Crippen LogP contribution is -2.09. The normalized spacial score (nSPS) is 10.6. The largest absolute Gasteiger partial charge is 0.497 e. The molecular weight excluding hydrogens is 386 g/mol. The summed E-state index contributed by atoms with van der Waals surface area (Å²) in [4.78, 5) is 29.1. The van der Waals surface area contributed by atoms with Crippen molar-refractivity contribution in [1.29, 1.82) is 0 Å². The summed E-state index contributed by atoms with van der Waals surface area (Å²) in [7, 11) is 3.00. The highest BCUT2D eigenvalue weighted by molar-refractivity contribution is 6.18. The molecule has 0 spiro atoms. The molecule has 2 aromatic carbocycles. The maximum Gasteiger partial charge on any atom is 0.337 e. The van der Waals surface area contributed by atoms with Gasteiger partial charge in [-0.1, -0.05) is 25.5 Å². The summed E-state index contributed by atoms with van der Waals surface area (Å²) >= 11 is 0. The zero-order valence-electron chi connectivity index (χ0n) is 17.1. The molecule has 0 radical (unpaired) electrons. The van der Waals surface area contributed by atoms with Gasteiger partial charge in [0, 0.05) is 22.5 Å². The van der Waals surface area contributed by atoms with E-state index in [1.807, 2.05) is 0 Å². The minimum Gasteiger partial charge on any atom is -0.497 e. The van der Waals surface area contributed by atoms with Gasteiger partial charge in [-0.15, -0.1) is 0 Å². The summed E-state index contributed by atoms with van der Waals surface area (Å²) in [6.07, 6.45) is 3.00. The maximum absolute atomic E-state index is 13.2. The number of nitrogens with zero attached hydrogens (tertiary/aromatic N) is 1. The number of benzene rings is 2. The van der Waals surface area contributed by atoms with Crippen LogP contribution in [0.25, 0.3) is 10.8 Å². The summed E-state index contributed by atoms with van der Waals surface area (Å²) in [6, 6.07) is 9.91. The number of rotatable bonds is 9. The average molecular weight is 409 g/mol. The van der Waals surface area contributed by atoms with Crippen molar-refractivity contribution in [2.45, 2.75) is 19.8 Å². The number of pyridine rings is 1. The van der Waals surface area contributed by atoms with Crippen LogP contribution in [0.15, 0.2) is 42.6 Å². The van der Waals surface area contributed by atoms with Crippen LogP contribution >= 0.6 is 0 Å². The number of carbonyl (C=O) groups is 2. The Bertz CT molecular complexity index is 1090. The lowest BCUT2D eigenvalue weighted by Gasteiger charge is -2.14. The van der Waals surface area contributed by atoms with Crippen LogP contribution in [0.3, 0.4) is 0 Å². The van der Waals surface area contributed by atoms with Crippen LogP contribution < -0.4 is 14.2 Å². The van der Waals surface area contributed by atoms with Crippen LogP contribution in [0, 0.1) is 0 Å². The van der Waals surface area contributed by atoms with Crippen LogP contribution in [0.2, 0.25) is 0 Å². The first kappa shape index (κ1) is 21.1. The molecule has 1 heterocycles. The molecule has 0 amide bonds. The Kier molecular flexibility index (Phi) is 6.51. The van der Waals surface area contributed by atoms with Crippen LogP contribution in [0.4, 0.5) is 0 Å². The van der Waals surface area contributed by atoms with Crippen molar-refractivity contribution in [2.24, 2.45) is 0 Å². The molecule has 0 fully saturated rings. The van der Waals surface area contributed by atoms with E-state index >= 15 is 0 Å². The third-order valence-corrected chi connectivity index (χ3v) is 4.70. The molecule has 0 aliphatic rings. The number of unbranched alkanes of at least 4 members (excludes halogenated alkanes) is 1. The lowest BCUT2D eigenvalue weighted by molar-refractivity contribution is 0.0698. The summed E-state index contributed by atoms with van der Waals surface area (Å²) in [5.41, 5.74) is 0.493. The number of aromatic nitrogens is 1. The van der Waals surface area contributed by atoms with E-state index in [0.717, 1.165) is 12.8 Å². The Morgan fingerprint density at radius 1 is 1.03 bits per heavy atom. The SMILES string of the molecule is CCCCOc1cc2c(C(=O)c3cccc(OC)c3)ncc(C(=O)O)c2cc1OC. The fraction of sp³-hybridized carbons (Fsp3) is 0.261. The molecule has 156 valence electrons. The van der Waals surface area contributed by atoms with Crippen molar-refractivity contribution in [1.82, 2.24) is 4.98 Å². The average Bonchev–Trinajstić information content (AvgIpc) is 2.77. The van der Waals surface area contributed by atoms with Gasteiger partial charge in [-0.2, -0.15) is 0 Å². The van der Waals surface area contributed by atoms with Crippen LogP contribution in [0.5, 0.6) is 17.2 Å². The van der Waals surface area contributed by atoms with Gasteiger partial charge < -0.3 is 19.3 Å². The van der Waals surface area contributed by atoms with Crippen LogP contribution in [-0.2, 0) is 0 Å². The van der Waals surface area contributed by atoms with Gasteiger partial charge in [-0.25, -0.2) is 4.79 Å². The molecule has 0 unspecified atom stereocenters. The van der Waals surface area contributed by atoms with Gasteiger partial charge in [-0.05, 0) is 30.7 Å². The fourth-order valence-electron chi connectivity index (χ4n) is 3.10. The predicted molar refractivity (Wildman–Crippen MR) is 112 cm³/mol. The molecule has 3 rings (SSSR count). The number of methoxy groups -OCH3 is 2. The number of carboxylic acid groups (broad SMARTS) is 1. The van der Waals surface area contributed by atoms with E-state index in [0.29, 0.717) is 40.2 Å². The fourth-order valence-corrected chi connectivity index (χ4v) is 3.10. The van der Waals surface area contributed by atoms with E-state index in [4.69, 9.17) is 14.2 Å². The third kappa shape index (κ3) is 4.20. The molecule has 7 nitrogen and oxygen atoms in total. The summed E-state index contributed by atoms with van der Waals surface area (Å²) in [5, 5.41) is 10.3. The van der Waals surface area contributed by atoms with E-state index in [-0.39, 0.29) is 17.0 Å². The van der Waals surface area contributed by atoms with Gasteiger partial charge in [0.2, 0.25) is 5.78 Å². The van der Waals surface area contributed by atoms with Crippen molar-refractivity contribution < 1.29 is 28.9 Å². The number of carboxylic acids is 1. The third-order valence-electron chi connectivity index (χ3n) is 4.70. The van der Waals surface area contributed by atoms with Gasteiger partial charge in [-0.3, -0.25) is 9.78 Å². The molecule has 3 aromatic rings. The highest BCUT2D eigenvalue weighted by Crippen LogP contribution is 2.36. The highest BCUT2D eigenvalue weighted by Gasteiger charge is 2.21. The molecule has 1 aromatic heterocycles. The Balaban J connectivity index is 2.20. The molecule has 7 heteroatoms. The molecular formula is C23H23NO6. The first-order valence-electron chi connectivity index (χ1n) is 9.55. The standard InChI is InChI=1S/C23H23NO6/c1-4-5-9-30-20-12-17-16(11-19(20)29-3)18(23(26)27)13-24-21(17)22(25)14-7-6-8-15(10-14)28-2/h6-8,10-13H,4-5,9H2,1-3H3,(H,26,27). The van der Waals surface area contributed by atoms with Crippen molar-refractivity contribution >= 4 is 22.5 Å². The number of aromatic carboxylic acids is 1. The van der Waals surface area contributed by atoms with E-state index in [1.165, 1.54) is 20.4 Å². The topological polar surface area (TPSA) is 95.0 Å². The van der Waals surface area contributed by atoms with Gasteiger partial charge in [0.1, 0.15) is 11.4 Å². The van der Waals surface area contributed by atoms with Gasteiger partial charge in [0.25, 0.3) is 0 Å². The predicted octanol–water partition coefficient (Wildman–Crippen LogP) is 4.36. The van der Waals surface area contributed by atoms with Crippen molar-refractivity contribution in [3.05, 3.63) is 59.4 Å². The van der Waals surface area contributed by atoms with E-state index in [9.17, 15) is 14.7 Å². The zero-order valence-corrected chi connectivity index (χ0v) is 17.1. The number of fused-ring (bicyclic) bond motifs is 1. The van der Waals surface area contributed by atoms with E-state index in [1.54, 1.807) is 36.4 Å². The van der Waals surface area contributed by atoms with Crippen molar-refractivity contribution in [2.75, 3.05) is 20.8 Å². The number of ether oxygens (including phenoxy) is 3. The van der Waals surface area contributed by atoms with Crippen LogP contribution in [0.1, 0.15) is 46.2 Å². The van der Waals surface area contributed by atoms with E-state index in [2.05, 4.69) is 11.9 Å². The molecule has 0 saturated carbocycles. The van der Waals surface area contributed by atoms with Gasteiger partial charge >= 0.3 is 5.97 Å². The van der Waals surface area contributed by atoms with Gasteiger partial charge in [0.15, 0.2) is 11.5 Å². The molecule has 0 aliphatic carbocycles. The molecule has 0 atom stereocenters. The van der Waals surface area contributed by atoms with Crippen molar-refractivity contribution in [3.63, 3.8) is 0 Å². The minimum atomic E-state index is -1.14. The minimum absolute atomic E-state index is 0.0226. The summed E-state index contributed by atoms with van der Waals surface area (Å²) in [5.74, 6) is -0.123. The zero-order chi connectivity index (χ0) is 21.7. The number of hydrogen-bond acceptors (Lipinski definition) is 6. The highest BCUT2D eigenvalue weighted by atomic mass is 16.5. The Morgan fingerprint density at radius 2 is 1.80 bits per heavy atom. The lowest BCUT2D eigenvalue weighted by atomic mass is 9.99. The number of carbonyl (C=O) groups excluding carboxylic acids is 1. The monoisotopic (exact) mass is 409 g/mol. The molecule has 0 aliphatic heterocycles. The Morgan fingerprint density at radius 3 is 2.47 bits per heavy atom. The Labute approximate surface area is 174 Å². The summed E-state index contributed by atoms with van der Waals surface area (Å²) < 4.78 is 16.4. The van der Waals surface area contributed by atoms with E-state index < -0.39 is 5.97 Å². The second-order valence-corrected chi connectivity index (χ2v) is 6.64. The Hall–Kier alpha value is -3.61. The van der Waals surface area contributed by atoms with Crippen molar-refractivity contribution in [3.8, 4) is 17.2 Å². The number of hydrogen-bond donors (Lipinski definition) is 1. The first-order chi connectivity index (χ1) is 14.5. The summed E-state index contributed by atoms with van der Waals surface area (Å²) in [6.45, 7) is 2.53. The maximum atomic E-state index is 13.2. The van der Waals surface area contributed by atoms with Gasteiger partial charge in [0.05, 0.1) is 26.4 Å². The smallest absolute Gasteiger partial charge is 0.337 e. The number of ketones is 1. The molecule has 0 saturated heterocycles. The second-order valence-electron chi connectivity index (χ2n) is 6.64.